The molecule has 162 valence electrons. The van der Waals surface area contributed by atoms with Crippen LogP contribution in [0.4, 0.5) is 0 Å². The fourth-order valence-corrected chi connectivity index (χ4v) is 12.4. The van der Waals surface area contributed by atoms with Crippen molar-refractivity contribution in [1.29, 1.82) is 0 Å². The third kappa shape index (κ3) is 6.51. The van der Waals surface area contributed by atoms with Gasteiger partial charge in [-0.15, -0.1) is 0 Å². The lowest BCUT2D eigenvalue weighted by molar-refractivity contribution is 0.590. The summed E-state index contributed by atoms with van der Waals surface area (Å²) >= 11 is 0. The van der Waals surface area contributed by atoms with E-state index in [1.54, 1.807) is 0 Å². The second kappa shape index (κ2) is 7.93. The highest BCUT2D eigenvalue weighted by Gasteiger charge is 2.40. The average Bonchev–Trinajstić information content (AvgIpc) is 2.29. The molecular formula is C25H47NP2. The van der Waals surface area contributed by atoms with Crippen molar-refractivity contribution in [3.63, 3.8) is 0 Å². The van der Waals surface area contributed by atoms with Crippen LogP contribution in [0.1, 0.15) is 109 Å². The minimum atomic E-state index is -0.415. The molecule has 0 saturated carbocycles. The molecule has 28 heavy (non-hydrogen) atoms. The van der Waals surface area contributed by atoms with Crippen LogP contribution in [0, 0.1) is 0 Å². The van der Waals surface area contributed by atoms with Crippen molar-refractivity contribution < 1.29 is 0 Å². The van der Waals surface area contributed by atoms with Gasteiger partial charge in [0.1, 0.15) is 0 Å². The first kappa shape index (κ1) is 26.0. The first-order valence-electron chi connectivity index (χ1n) is 10.7. The van der Waals surface area contributed by atoms with Gasteiger partial charge in [-0.25, -0.2) is 4.98 Å². The van der Waals surface area contributed by atoms with Crippen LogP contribution in [0.5, 0.6) is 0 Å². The highest BCUT2D eigenvalue weighted by molar-refractivity contribution is 7.69. The van der Waals surface area contributed by atoms with E-state index < -0.39 is 15.8 Å². The topological polar surface area (TPSA) is 12.9 Å². The van der Waals surface area contributed by atoms with Gasteiger partial charge in [0.25, 0.3) is 0 Å². The summed E-state index contributed by atoms with van der Waals surface area (Å²) < 4.78 is 0. The maximum absolute atomic E-state index is 5.47. The third-order valence-electron chi connectivity index (χ3n) is 4.81. The minimum Gasteiger partial charge on any atom is -0.248 e. The van der Waals surface area contributed by atoms with Crippen LogP contribution >= 0.6 is 15.8 Å². The van der Waals surface area contributed by atoms with Gasteiger partial charge in [-0.2, -0.15) is 0 Å². The van der Waals surface area contributed by atoms with E-state index in [1.807, 2.05) is 0 Å². The predicted octanol–water partition coefficient (Wildman–Crippen LogP) is 7.79. The Labute approximate surface area is 179 Å². The quantitative estimate of drug-likeness (QED) is 0.442. The Hall–Kier alpha value is 0.01000. The van der Waals surface area contributed by atoms with E-state index in [1.165, 1.54) is 16.4 Å². The Kier molecular flexibility index (Phi) is 7.37. The molecule has 3 heteroatoms. The lowest BCUT2D eigenvalue weighted by atomic mass is 9.88. The maximum Gasteiger partial charge on any atom is 0.0651 e. The Morgan fingerprint density at radius 2 is 0.750 bits per heavy atom. The molecule has 0 bridgehead atoms. The molecule has 0 saturated heterocycles. The van der Waals surface area contributed by atoms with Gasteiger partial charge in [0.05, 0.1) is 10.9 Å². The molecule has 1 rings (SSSR count). The minimum absolute atomic E-state index is 0.125. The van der Waals surface area contributed by atoms with Gasteiger partial charge in [0, 0.05) is 0 Å². The van der Waals surface area contributed by atoms with Gasteiger partial charge in [0.2, 0.25) is 0 Å². The summed E-state index contributed by atoms with van der Waals surface area (Å²) in [6, 6.07) is 4.87. The summed E-state index contributed by atoms with van der Waals surface area (Å²) in [6.45, 7) is 35.7. The van der Waals surface area contributed by atoms with Crippen LogP contribution in [0.15, 0.2) is 12.1 Å². The van der Waals surface area contributed by atoms with Crippen molar-refractivity contribution in [2.45, 2.75) is 130 Å². The van der Waals surface area contributed by atoms with E-state index in [4.69, 9.17) is 4.98 Å². The Bertz CT molecular complexity index is 593. The van der Waals surface area contributed by atoms with Gasteiger partial charge in [0.15, 0.2) is 0 Å². The summed E-state index contributed by atoms with van der Waals surface area (Å²) in [5.41, 5.74) is 4.26. The van der Waals surface area contributed by atoms with Crippen molar-refractivity contribution in [3.8, 4) is 0 Å². The first-order valence-corrected chi connectivity index (χ1v) is 13.4. The third-order valence-corrected chi connectivity index (χ3v) is 11.5. The van der Waals surface area contributed by atoms with E-state index in [9.17, 15) is 0 Å². The van der Waals surface area contributed by atoms with Crippen molar-refractivity contribution in [2.75, 3.05) is 0 Å². The van der Waals surface area contributed by atoms with E-state index >= 15 is 0 Å². The Morgan fingerprint density at radius 3 is 0.929 bits per heavy atom. The molecule has 0 amide bonds. The molecule has 1 aromatic rings. The van der Waals surface area contributed by atoms with E-state index in [-0.39, 0.29) is 26.0 Å². The second-order valence-electron chi connectivity index (χ2n) is 13.2. The normalized spacial score (nSPS) is 14.9. The molecule has 0 aliphatic carbocycles. The van der Waals surface area contributed by atoms with Crippen molar-refractivity contribution in [2.24, 2.45) is 0 Å². The van der Waals surface area contributed by atoms with Crippen molar-refractivity contribution in [3.05, 3.63) is 17.7 Å². The molecule has 0 fully saturated rings. The summed E-state index contributed by atoms with van der Waals surface area (Å²) in [6.07, 6.45) is 0. The molecule has 0 spiro atoms. The van der Waals surface area contributed by atoms with Gasteiger partial charge in [-0.05, 0) is 59.6 Å². The largest absolute Gasteiger partial charge is 0.248 e. The molecule has 0 radical (unpaired) electrons. The van der Waals surface area contributed by atoms with Crippen LogP contribution < -0.4 is 10.9 Å². The number of nitrogens with zero attached hydrogens (tertiary/aromatic N) is 1. The predicted molar refractivity (Wildman–Crippen MR) is 135 cm³/mol. The molecule has 1 aromatic heterocycles. The zero-order chi connectivity index (χ0) is 22.5. The SMILES string of the molecule is CC(C)(C)c1cc(P(C(C)(C)C)C(C)(C)C)nc(P(C(C)(C)C)C(C)(C)C)c1. The highest BCUT2D eigenvalue weighted by atomic mass is 31.1. The number of aromatic nitrogens is 1. The second-order valence-corrected chi connectivity index (χ2v) is 20.8. The molecule has 1 nitrogen and oxygen atoms in total. The smallest absolute Gasteiger partial charge is 0.0651 e. The Morgan fingerprint density at radius 1 is 0.500 bits per heavy atom. The lowest BCUT2D eigenvalue weighted by Crippen LogP contribution is -2.38. The van der Waals surface area contributed by atoms with Crippen LogP contribution in [0.25, 0.3) is 0 Å². The van der Waals surface area contributed by atoms with Crippen LogP contribution in [0.2, 0.25) is 0 Å². The number of pyridine rings is 1. The first-order chi connectivity index (χ1) is 12.1. The van der Waals surface area contributed by atoms with Crippen molar-refractivity contribution in [1.82, 2.24) is 4.98 Å². The fourth-order valence-electron chi connectivity index (χ4n) is 4.55. The summed E-state index contributed by atoms with van der Waals surface area (Å²) in [4.78, 5) is 5.47. The standard InChI is InChI=1S/C25H47NP2/c1-21(2,3)18-16-19(27(22(4,5)6)23(7,8)9)26-20(17-18)28(24(10,11)12)25(13,14)15/h16-17H,1-15H3. The molecule has 0 atom stereocenters. The number of rotatable bonds is 2. The molecule has 0 N–H and O–H groups in total. The van der Waals surface area contributed by atoms with Crippen LogP contribution in [-0.4, -0.2) is 25.6 Å². The number of hydrogen-bond donors (Lipinski definition) is 0. The summed E-state index contributed by atoms with van der Waals surface area (Å²) in [7, 11) is -0.829. The zero-order valence-electron chi connectivity index (χ0n) is 21.5. The van der Waals surface area contributed by atoms with Crippen LogP contribution in [0.3, 0.4) is 0 Å². The lowest BCUT2D eigenvalue weighted by Gasteiger charge is -2.44. The van der Waals surface area contributed by atoms with E-state index in [0.29, 0.717) is 0 Å². The fraction of sp³-hybridized carbons (Fsp3) is 0.800. The monoisotopic (exact) mass is 423 g/mol. The van der Waals surface area contributed by atoms with Gasteiger partial charge >= 0.3 is 0 Å². The van der Waals surface area contributed by atoms with Gasteiger partial charge in [-0.1, -0.05) is 104 Å². The summed E-state index contributed by atoms with van der Waals surface area (Å²) in [5, 5.41) is 0.891. The van der Waals surface area contributed by atoms with E-state index in [0.717, 1.165) is 0 Å². The van der Waals surface area contributed by atoms with Gasteiger partial charge < -0.3 is 0 Å². The molecule has 1 heterocycles. The molecule has 0 aliphatic heterocycles. The highest BCUT2D eigenvalue weighted by Crippen LogP contribution is 2.60. The molecule has 0 unspecified atom stereocenters. The maximum atomic E-state index is 5.47. The number of hydrogen-bond acceptors (Lipinski definition) is 1. The molecular weight excluding hydrogens is 376 g/mol. The zero-order valence-corrected chi connectivity index (χ0v) is 23.3. The van der Waals surface area contributed by atoms with Crippen LogP contribution in [-0.2, 0) is 5.41 Å². The van der Waals surface area contributed by atoms with E-state index in [2.05, 4.69) is 116 Å². The summed E-state index contributed by atoms with van der Waals surface area (Å²) in [5.74, 6) is 0. The average molecular weight is 424 g/mol. The molecule has 0 aromatic carbocycles. The van der Waals surface area contributed by atoms with Gasteiger partial charge in [-0.3, -0.25) is 0 Å². The van der Waals surface area contributed by atoms with Crippen molar-refractivity contribution >= 4 is 26.7 Å². The molecule has 0 aliphatic rings. The Balaban J connectivity index is 3.90.